The Balaban J connectivity index is 1.79. The van der Waals surface area contributed by atoms with Crippen LogP contribution < -0.4 is 0 Å². The fraction of sp³-hybridized carbons (Fsp3) is 0.625. The summed E-state index contributed by atoms with van der Waals surface area (Å²) in [5.74, 6) is 0.481. The van der Waals surface area contributed by atoms with E-state index < -0.39 is 0 Å². The van der Waals surface area contributed by atoms with Crippen LogP contribution in [0.25, 0.3) is 0 Å². The minimum atomic E-state index is 0.434. The maximum Gasteiger partial charge on any atom is 0.119 e. The highest BCUT2D eigenvalue weighted by atomic mass is 16.5. The van der Waals surface area contributed by atoms with Crippen LogP contribution >= 0.6 is 0 Å². The number of fused-ring (bicyclic) bond motifs is 1. The van der Waals surface area contributed by atoms with Crippen LogP contribution in [0.3, 0.4) is 0 Å². The first-order chi connectivity index (χ1) is 9.29. The van der Waals surface area contributed by atoms with Crippen molar-refractivity contribution < 1.29 is 9.84 Å². The molecule has 0 amide bonds. The number of methoxy groups -OCH3 is 1. The van der Waals surface area contributed by atoms with Gasteiger partial charge in [0.1, 0.15) is 5.75 Å². The van der Waals surface area contributed by atoms with E-state index in [0.29, 0.717) is 17.9 Å². The summed E-state index contributed by atoms with van der Waals surface area (Å²) in [6.45, 7) is 2.22. The fourth-order valence-corrected chi connectivity index (χ4v) is 3.61. The molecule has 3 rings (SSSR count). The van der Waals surface area contributed by atoms with Crippen molar-refractivity contribution in [2.24, 2.45) is 0 Å². The molecule has 1 atom stereocenters. The lowest BCUT2D eigenvalue weighted by Crippen LogP contribution is -2.40. The number of hydrogen-bond acceptors (Lipinski definition) is 3. The minimum absolute atomic E-state index is 0.434. The summed E-state index contributed by atoms with van der Waals surface area (Å²) in [5, 5.41) is 10.0. The van der Waals surface area contributed by atoms with Gasteiger partial charge in [-0.25, -0.2) is 0 Å². The quantitative estimate of drug-likeness (QED) is 0.888. The van der Waals surface area contributed by atoms with Gasteiger partial charge < -0.3 is 9.84 Å². The molecule has 1 fully saturated rings. The summed E-state index contributed by atoms with van der Waals surface area (Å²) in [6, 6.07) is 6.49. The van der Waals surface area contributed by atoms with E-state index in [0.717, 1.165) is 32.4 Å². The molecule has 1 aliphatic heterocycles. The van der Waals surface area contributed by atoms with Gasteiger partial charge in [0.25, 0.3) is 0 Å². The van der Waals surface area contributed by atoms with E-state index >= 15 is 0 Å². The summed E-state index contributed by atoms with van der Waals surface area (Å²) < 4.78 is 5.45. The number of ether oxygens (including phenoxy) is 1. The highest BCUT2D eigenvalue weighted by Gasteiger charge is 2.30. The SMILES string of the molecule is COC1CCN(C2CCCc3c(O)cccc32)CC1. The summed E-state index contributed by atoms with van der Waals surface area (Å²) in [5.41, 5.74) is 2.52. The maximum atomic E-state index is 10.0. The molecule has 1 aromatic rings. The third-order valence-corrected chi connectivity index (χ3v) is 4.70. The van der Waals surface area contributed by atoms with Gasteiger partial charge in [-0.15, -0.1) is 0 Å². The minimum Gasteiger partial charge on any atom is -0.508 e. The van der Waals surface area contributed by atoms with Crippen LogP contribution in [0.4, 0.5) is 0 Å². The van der Waals surface area contributed by atoms with Gasteiger partial charge >= 0.3 is 0 Å². The van der Waals surface area contributed by atoms with Crippen molar-refractivity contribution >= 4 is 0 Å². The molecule has 1 unspecified atom stereocenters. The lowest BCUT2D eigenvalue weighted by Gasteiger charge is -2.40. The third kappa shape index (κ3) is 2.49. The molecule has 1 aliphatic carbocycles. The van der Waals surface area contributed by atoms with Crippen molar-refractivity contribution in [3.05, 3.63) is 29.3 Å². The molecule has 3 nitrogen and oxygen atoms in total. The topological polar surface area (TPSA) is 32.7 Å². The second kappa shape index (κ2) is 5.51. The van der Waals surface area contributed by atoms with Crippen molar-refractivity contribution in [2.45, 2.75) is 44.2 Å². The molecular formula is C16H23NO2. The molecule has 3 heteroatoms. The van der Waals surface area contributed by atoms with E-state index in [-0.39, 0.29) is 0 Å². The predicted octanol–water partition coefficient (Wildman–Crippen LogP) is 2.88. The Hall–Kier alpha value is -1.06. The van der Waals surface area contributed by atoms with Gasteiger partial charge in [-0.1, -0.05) is 12.1 Å². The summed E-state index contributed by atoms with van der Waals surface area (Å²) >= 11 is 0. The number of hydrogen-bond donors (Lipinski definition) is 1. The zero-order valence-corrected chi connectivity index (χ0v) is 11.6. The second-order valence-corrected chi connectivity index (χ2v) is 5.72. The monoisotopic (exact) mass is 261 g/mol. The van der Waals surface area contributed by atoms with Gasteiger partial charge in [0.05, 0.1) is 6.10 Å². The molecule has 2 aliphatic rings. The van der Waals surface area contributed by atoms with E-state index in [1.807, 2.05) is 19.2 Å². The van der Waals surface area contributed by atoms with Crippen LogP contribution in [-0.2, 0) is 11.2 Å². The lowest BCUT2D eigenvalue weighted by molar-refractivity contribution is 0.0240. The molecule has 0 saturated carbocycles. The smallest absolute Gasteiger partial charge is 0.119 e. The van der Waals surface area contributed by atoms with E-state index in [9.17, 15) is 5.11 Å². The maximum absolute atomic E-state index is 10.0. The van der Waals surface area contributed by atoms with Crippen LogP contribution in [0.15, 0.2) is 18.2 Å². The highest BCUT2D eigenvalue weighted by molar-refractivity contribution is 5.42. The first kappa shape index (κ1) is 12.9. The van der Waals surface area contributed by atoms with E-state index in [1.54, 1.807) is 0 Å². The number of phenolic OH excluding ortho intramolecular Hbond substituents is 1. The molecule has 1 heterocycles. The predicted molar refractivity (Wildman–Crippen MR) is 75.4 cm³/mol. The lowest BCUT2D eigenvalue weighted by atomic mass is 9.85. The Morgan fingerprint density at radius 1 is 1.21 bits per heavy atom. The molecule has 104 valence electrons. The standard InChI is InChI=1S/C16H23NO2/c1-19-12-8-10-17(11-9-12)15-6-2-5-14-13(15)4-3-7-16(14)18/h3-4,7,12,15,18H,2,5-6,8-11H2,1H3. The molecule has 1 N–H and O–H groups in total. The zero-order chi connectivity index (χ0) is 13.2. The Kier molecular flexibility index (Phi) is 3.76. The third-order valence-electron chi connectivity index (χ3n) is 4.70. The molecule has 1 saturated heterocycles. The molecule has 0 spiro atoms. The summed E-state index contributed by atoms with van der Waals surface area (Å²) in [7, 11) is 1.81. The molecule has 19 heavy (non-hydrogen) atoms. The molecule has 0 radical (unpaired) electrons. The Morgan fingerprint density at radius 2 is 2.00 bits per heavy atom. The van der Waals surface area contributed by atoms with Gasteiger partial charge in [0.2, 0.25) is 0 Å². The number of benzene rings is 1. The van der Waals surface area contributed by atoms with Crippen molar-refractivity contribution in [1.82, 2.24) is 4.90 Å². The number of phenols is 1. The van der Waals surface area contributed by atoms with Crippen LogP contribution in [0.5, 0.6) is 5.75 Å². The van der Waals surface area contributed by atoms with Crippen LogP contribution in [0.1, 0.15) is 42.9 Å². The number of rotatable bonds is 2. The van der Waals surface area contributed by atoms with Crippen LogP contribution in [0.2, 0.25) is 0 Å². The number of aromatic hydroxyl groups is 1. The molecule has 1 aromatic carbocycles. The largest absolute Gasteiger partial charge is 0.508 e. The van der Waals surface area contributed by atoms with Crippen molar-refractivity contribution in [3.63, 3.8) is 0 Å². The van der Waals surface area contributed by atoms with E-state index in [1.165, 1.54) is 24.0 Å². The van der Waals surface area contributed by atoms with Gasteiger partial charge in [-0.3, -0.25) is 4.90 Å². The first-order valence-corrected chi connectivity index (χ1v) is 7.37. The van der Waals surface area contributed by atoms with Crippen molar-refractivity contribution in [2.75, 3.05) is 20.2 Å². The second-order valence-electron chi connectivity index (χ2n) is 5.72. The number of piperidine rings is 1. The number of nitrogens with zero attached hydrogens (tertiary/aromatic N) is 1. The zero-order valence-electron chi connectivity index (χ0n) is 11.6. The molecular weight excluding hydrogens is 238 g/mol. The Morgan fingerprint density at radius 3 is 2.74 bits per heavy atom. The normalized spacial score (nSPS) is 25.2. The van der Waals surface area contributed by atoms with Crippen molar-refractivity contribution in [1.29, 1.82) is 0 Å². The fourth-order valence-electron chi connectivity index (χ4n) is 3.61. The molecule has 0 bridgehead atoms. The van der Waals surface area contributed by atoms with Gasteiger partial charge in [0, 0.05) is 26.2 Å². The Bertz CT molecular complexity index is 438. The van der Waals surface area contributed by atoms with E-state index in [4.69, 9.17) is 4.74 Å². The average molecular weight is 261 g/mol. The van der Waals surface area contributed by atoms with E-state index in [2.05, 4.69) is 11.0 Å². The van der Waals surface area contributed by atoms with Gasteiger partial charge in [-0.05, 0) is 49.3 Å². The Labute approximate surface area is 115 Å². The summed E-state index contributed by atoms with van der Waals surface area (Å²) in [4.78, 5) is 2.58. The average Bonchev–Trinajstić information content (AvgIpc) is 2.47. The van der Waals surface area contributed by atoms with Gasteiger partial charge in [-0.2, -0.15) is 0 Å². The highest BCUT2D eigenvalue weighted by Crippen LogP contribution is 2.39. The van der Waals surface area contributed by atoms with Crippen LogP contribution in [-0.4, -0.2) is 36.3 Å². The molecule has 0 aromatic heterocycles. The first-order valence-electron chi connectivity index (χ1n) is 7.37. The van der Waals surface area contributed by atoms with Crippen LogP contribution in [0, 0.1) is 0 Å². The summed E-state index contributed by atoms with van der Waals surface area (Å²) in [6.07, 6.45) is 6.10. The van der Waals surface area contributed by atoms with Crippen molar-refractivity contribution in [3.8, 4) is 5.75 Å². The van der Waals surface area contributed by atoms with Gasteiger partial charge in [0.15, 0.2) is 0 Å². The number of likely N-dealkylation sites (tertiary alicyclic amines) is 1.